The van der Waals surface area contributed by atoms with Gasteiger partial charge in [0.15, 0.2) is 0 Å². The Morgan fingerprint density at radius 3 is 1.61 bits per heavy atom. The standard InChI is InChI=1S/C32H31N/c1-2-3-12-28-19-23-31(24-20-28)33(30-17-8-5-9-18-30)32-25-21-29(22-26-32)16-11-10-15-27-13-6-4-7-14-27/h4-11,13-26H,2-3,12H2,1H3/b15-10+,16-11+. The van der Waals surface area contributed by atoms with Crippen LogP contribution in [-0.2, 0) is 6.42 Å². The smallest absolute Gasteiger partial charge is 0.0462 e. The highest BCUT2D eigenvalue weighted by Crippen LogP contribution is 2.34. The molecule has 0 aliphatic rings. The van der Waals surface area contributed by atoms with Crippen LogP contribution in [0.15, 0.2) is 121 Å². The van der Waals surface area contributed by atoms with Gasteiger partial charge in [0.2, 0.25) is 0 Å². The van der Waals surface area contributed by atoms with Crippen molar-refractivity contribution in [3.8, 4) is 0 Å². The molecule has 1 nitrogen and oxygen atoms in total. The Kier molecular flexibility index (Phi) is 7.92. The van der Waals surface area contributed by atoms with Crippen molar-refractivity contribution in [2.45, 2.75) is 26.2 Å². The summed E-state index contributed by atoms with van der Waals surface area (Å²) >= 11 is 0. The fraction of sp³-hybridized carbons (Fsp3) is 0.125. The van der Waals surface area contributed by atoms with Gasteiger partial charge < -0.3 is 4.90 Å². The van der Waals surface area contributed by atoms with Gasteiger partial charge in [-0.15, -0.1) is 0 Å². The van der Waals surface area contributed by atoms with Crippen LogP contribution in [-0.4, -0.2) is 0 Å². The van der Waals surface area contributed by atoms with Crippen molar-refractivity contribution in [3.05, 3.63) is 138 Å². The molecular formula is C32H31N. The van der Waals surface area contributed by atoms with E-state index in [1.165, 1.54) is 35.2 Å². The number of para-hydroxylation sites is 1. The Bertz CT molecular complexity index is 1150. The average molecular weight is 430 g/mol. The van der Waals surface area contributed by atoms with Gasteiger partial charge in [-0.05, 0) is 65.9 Å². The summed E-state index contributed by atoms with van der Waals surface area (Å²) < 4.78 is 0. The molecule has 0 bridgehead atoms. The topological polar surface area (TPSA) is 3.24 Å². The normalized spacial score (nSPS) is 11.3. The van der Waals surface area contributed by atoms with Gasteiger partial charge >= 0.3 is 0 Å². The third-order valence-electron chi connectivity index (χ3n) is 5.67. The van der Waals surface area contributed by atoms with E-state index in [0.717, 1.165) is 17.8 Å². The van der Waals surface area contributed by atoms with Crippen molar-refractivity contribution in [3.63, 3.8) is 0 Å². The first-order valence-electron chi connectivity index (χ1n) is 11.8. The molecule has 0 saturated heterocycles. The van der Waals surface area contributed by atoms with Gasteiger partial charge in [-0.3, -0.25) is 0 Å². The summed E-state index contributed by atoms with van der Waals surface area (Å²) in [4.78, 5) is 2.31. The SMILES string of the molecule is CCCCc1ccc(N(c2ccccc2)c2ccc(/C=C/C=C/c3ccccc3)cc2)cc1. The molecule has 0 heterocycles. The van der Waals surface area contributed by atoms with Gasteiger partial charge in [0, 0.05) is 17.1 Å². The molecule has 0 radical (unpaired) electrons. The van der Waals surface area contributed by atoms with E-state index < -0.39 is 0 Å². The number of hydrogen-bond donors (Lipinski definition) is 0. The van der Waals surface area contributed by atoms with Crippen LogP contribution >= 0.6 is 0 Å². The first kappa shape index (κ1) is 22.4. The summed E-state index contributed by atoms with van der Waals surface area (Å²) in [6.07, 6.45) is 12.0. The number of nitrogens with zero attached hydrogens (tertiary/aromatic N) is 1. The zero-order chi connectivity index (χ0) is 22.7. The summed E-state index contributed by atoms with van der Waals surface area (Å²) in [5.41, 5.74) is 7.27. The molecule has 4 aromatic rings. The Morgan fingerprint density at radius 1 is 0.545 bits per heavy atom. The summed E-state index contributed by atoms with van der Waals surface area (Å²) in [6.45, 7) is 2.24. The first-order chi connectivity index (χ1) is 16.3. The zero-order valence-electron chi connectivity index (χ0n) is 19.3. The molecule has 0 atom stereocenters. The molecule has 4 aromatic carbocycles. The van der Waals surface area contributed by atoms with E-state index in [1.807, 2.05) is 6.07 Å². The van der Waals surface area contributed by atoms with Gasteiger partial charge in [0.05, 0.1) is 0 Å². The molecule has 0 aliphatic heterocycles. The molecule has 33 heavy (non-hydrogen) atoms. The number of unbranched alkanes of at least 4 members (excludes halogenated alkanes) is 1. The Labute approximate surface area is 198 Å². The number of rotatable bonds is 9. The molecular weight excluding hydrogens is 398 g/mol. The van der Waals surface area contributed by atoms with Crippen molar-refractivity contribution in [2.75, 3.05) is 4.90 Å². The molecule has 0 N–H and O–H groups in total. The molecule has 0 fully saturated rings. The third-order valence-corrected chi connectivity index (χ3v) is 5.67. The van der Waals surface area contributed by atoms with Crippen LogP contribution in [0.5, 0.6) is 0 Å². The highest BCUT2D eigenvalue weighted by atomic mass is 15.1. The molecule has 0 aliphatic carbocycles. The van der Waals surface area contributed by atoms with Crippen LogP contribution in [0, 0.1) is 0 Å². The van der Waals surface area contributed by atoms with E-state index in [2.05, 4.69) is 139 Å². The van der Waals surface area contributed by atoms with Crippen LogP contribution in [0.1, 0.15) is 36.5 Å². The molecule has 1 heteroatoms. The second-order valence-electron chi connectivity index (χ2n) is 8.16. The molecule has 4 rings (SSSR count). The van der Waals surface area contributed by atoms with E-state index in [0.29, 0.717) is 0 Å². The van der Waals surface area contributed by atoms with Crippen LogP contribution in [0.4, 0.5) is 17.1 Å². The summed E-state index contributed by atoms with van der Waals surface area (Å²) in [6, 6.07) is 38.6. The maximum absolute atomic E-state index is 2.31. The monoisotopic (exact) mass is 429 g/mol. The maximum atomic E-state index is 2.31. The van der Waals surface area contributed by atoms with Crippen molar-refractivity contribution >= 4 is 29.2 Å². The van der Waals surface area contributed by atoms with Crippen molar-refractivity contribution in [1.82, 2.24) is 0 Å². The van der Waals surface area contributed by atoms with Gasteiger partial charge in [0.25, 0.3) is 0 Å². The summed E-state index contributed by atoms with van der Waals surface area (Å²) in [5, 5.41) is 0. The van der Waals surface area contributed by atoms with Crippen LogP contribution in [0.2, 0.25) is 0 Å². The minimum atomic E-state index is 1.14. The third kappa shape index (κ3) is 6.33. The Balaban J connectivity index is 1.54. The lowest BCUT2D eigenvalue weighted by atomic mass is 10.1. The van der Waals surface area contributed by atoms with E-state index in [9.17, 15) is 0 Å². The van der Waals surface area contributed by atoms with E-state index in [1.54, 1.807) is 0 Å². The Morgan fingerprint density at radius 2 is 1.03 bits per heavy atom. The number of aryl methyl sites for hydroxylation is 1. The summed E-state index contributed by atoms with van der Waals surface area (Å²) in [7, 11) is 0. The average Bonchev–Trinajstić information content (AvgIpc) is 2.88. The van der Waals surface area contributed by atoms with Gasteiger partial charge in [0.1, 0.15) is 0 Å². The predicted octanol–water partition coefficient (Wildman–Crippen LogP) is 9.23. The lowest BCUT2D eigenvalue weighted by Gasteiger charge is -2.25. The largest absolute Gasteiger partial charge is 0.311 e. The molecule has 164 valence electrons. The minimum Gasteiger partial charge on any atom is -0.311 e. The zero-order valence-corrected chi connectivity index (χ0v) is 19.3. The van der Waals surface area contributed by atoms with E-state index in [4.69, 9.17) is 0 Å². The predicted molar refractivity (Wildman–Crippen MR) is 144 cm³/mol. The van der Waals surface area contributed by atoms with Crippen LogP contribution < -0.4 is 4.90 Å². The lowest BCUT2D eigenvalue weighted by molar-refractivity contribution is 0.795. The second-order valence-corrected chi connectivity index (χ2v) is 8.16. The van der Waals surface area contributed by atoms with E-state index in [-0.39, 0.29) is 0 Å². The van der Waals surface area contributed by atoms with Crippen molar-refractivity contribution in [1.29, 1.82) is 0 Å². The van der Waals surface area contributed by atoms with E-state index >= 15 is 0 Å². The molecule has 0 amide bonds. The lowest BCUT2D eigenvalue weighted by Crippen LogP contribution is -2.09. The van der Waals surface area contributed by atoms with Crippen LogP contribution in [0.25, 0.3) is 12.2 Å². The van der Waals surface area contributed by atoms with Gasteiger partial charge in [-0.1, -0.05) is 110 Å². The fourth-order valence-electron chi connectivity index (χ4n) is 3.85. The van der Waals surface area contributed by atoms with Crippen molar-refractivity contribution < 1.29 is 0 Å². The number of anilines is 3. The Hall–Kier alpha value is -3.84. The molecule has 0 saturated carbocycles. The molecule has 0 aromatic heterocycles. The molecule has 0 unspecified atom stereocenters. The highest BCUT2D eigenvalue weighted by Gasteiger charge is 2.11. The highest BCUT2D eigenvalue weighted by molar-refractivity contribution is 5.77. The maximum Gasteiger partial charge on any atom is 0.0462 e. The van der Waals surface area contributed by atoms with Gasteiger partial charge in [-0.2, -0.15) is 0 Å². The van der Waals surface area contributed by atoms with Crippen LogP contribution in [0.3, 0.4) is 0 Å². The first-order valence-corrected chi connectivity index (χ1v) is 11.8. The number of hydrogen-bond acceptors (Lipinski definition) is 1. The molecule has 0 spiro atoms. The van der Waals surface area contributed by atoms with Gasteiger partial charge in [-0.25, -0.2) is 0 Å². The fourth-order valence-corrected chi connectivity index (χ4v) is 3.85. The summed E-state index contributed by atoms with van der Waals surface area (Å²) in [5.74, 6) is 0. The number of allylic oxidation sites excluding steroid dienone is 2. The quantitative estimate of drug-likeness (QED) is 0.240. The minimum absolute atomic E-state index is 1.14. The second kappa shape index (κ2) is 11.7. The number of benzene rings is 4. The van der Waals surface area contributed by atoms with Crippen molar-refractivity contribution in [2.24, 2.45) is 0 Å².